The summed E-state index contributed by atoms with van der Waals surface area (Å²) in [6.45, 7) is 3.52. The topological polar surface area (TPSA) is 51.4 Å². The van der Waals surface area contributed by atoms with Crippen LogP contribution in [-0.2, 0) is 4.74 Å². The SMILES string of the molecule is Nc1cccc(N2CCCOCC2)n1. The molecule has 1 saturated heterocycles. The summed E-state index contributed by atoms with van der Waals surface area (Å²) in [6.07, 6.45) is 1.05. The van der Waals surface area contributed by atoms with Crippen LogP contribution in [0.15, 0.2) is 18.2 Å². The number of anilines is 2. The highest BCUT2D eigenvalue weighted by atomic mass is 16.5. The van der Waals surface area contributed by atoms with Crippen LogP contribution in [0.2, 0.25) is 0 Å². The molecule has 14 heavy (non-hydrogen) atoms. The molecule has 2 N–H and O–H groups in total. The second kappa shape index (κ2) is 4.28. The van der Waals surface area contributed by atoms with E-state index < -0.39 is 0 Å². The molecule has 1 aliphatic rings. The summed E-state index contributed by atoms with van der Waals surface area (Å²) in [7, 11) is 0. The van der Waals surface area contributed by atoms with Gasteiger partial charge in [0.05, 0.1) is 6.61 Å². The molecule has 2 rings (SSSR count). The Balaban J connectivity index is 2.12. The van der Waals surface area contributed by atoms with E-state index in [1.54, 1.807) is 6.07 Å². The molecule has 0 spiro atoms. The number of pyridine rings is 1. The molecule has 4 heteroatoms. The fourth-order valence-electron chi connectivity index (χ4n) is 1.59. The Morgan fingerprint density at radius 1 is 1.29 bits per heavy atom. The van der Waals surface area contributed by atoms with Crippen molar-refractivity contribution in [2.75, 3.05) is 36.9 Å². The molecule has 1 aromatic heterocycles. The molecule has 76 valence electrons. The van der Waals surface area contributed by atoms with Crippen molar-refractivity contribution in [3.05, 3.63) is 18.2 Å². The molecule has 0 unspecified atom stereocenters. The molecule has 4 nitrogen and oxygen atoms in total. The Labute approximate surface area is 83.7 Å². The zero-order valence-electron chi connectivity index (χ0n) is 8.15. The van der Waals surface area contributed by atoms with Crippen molar-refractivity contribution in [2.45, 2.75) is 6.42 Å². The lowest BCUT2D eigenvalue weighted by atomic mass is 10.3. The lowest BCUT2D eigenvalue weighted by Crippen LogP contribution is -2.26. The summed E-state index contributed by atoms with van der Waals surface area (Å²) in [5.74, 6) is 1.53. The van der Waals surface area contributed by atoms with Crippen molar-refractivity contribution < 1.29 is 4.74 Å². The fourth-order valence-corrected chi connectivity index (χ4v) is 1.59. The highest BCUT2D eigenvalue weighted by molar-refractivity contribution is 5.44. The molecule has 1 fully saturated rings. The molecule has 0 atom stereocenters. The van der Waals surface area contributed by atoms with Crippen molar-refractivity contribution in [1.82, 2.24) is 4.98 Å². The minimum absolute atomic E-state index is 0.577. The Bertz CT molecular complexity index is 295. The van der Waals surface area contributed by atoms with Crippen molar-refractivity contribution >= 4 is 11.6 Å². The third-order valence-corrected chi connectivity index (χ3v) is 2.30. The summed E-state index contributed by atoms with van der Waals surface area (Å²) >= 11 is 0. The summed E-state index contributed by atoms with van der Waals surface area (Å²) < 4.78 is 5.38. The van der Waals surface area contributed by atoms with E-state index in [0.717, 1.165) is 38.5 Å². The number of nitrogen functional groups attached to an aromatic ring is 1. The van der Waals surface area contributed by atoms with Gasteiger partial charge in [0.25, 0.3) is 0 Å². The normalized spacial score (nSPS) is 17.9. The van der Waals surface area contributed by atoms with E-state index in [2.05, 4.69) is 9.88 Å². The molecule has 0 amide bonds. The van der Waals surface area contributed by atoms with E-state index in [0.29, 0.717) is 5.82 Å². The monoisotopic (exact) mass is 193 g/mol. The zero-order chi connectivity index (χ0) is 9.80. The lowest BCUT2D eigenvalue weighted by Gasteiger charge is -2.20. The molecule has 0 bridgehead atoms. The van der Waals surface area contributed by atoms with E-state index in [1.807, 2.05) is 12.1 Å². The summed E-state index contributed by atoms with van der Waals surface area (Å²) in [4.78, 5) is 6.50. The van der Waals surface area contributed by atoms with Gasteiger partial charge in [0.1, 0.15) is 11.6 Å². The predicted octanol–water partition coefficient (Wildman–Crippen LogP) is 0.890. The van der Waals surface area contributed by atoms with Gasteiger partial charge < -0.3 is 15.4 Å². The van der Waals surface area contributed by atoms with Crippen molar-refractivity contribution in [3.8, 4) is 0 Å². The predicted molar refractivity (Wildman–Crippen MR) is 56.3 cm³/mol. The maximum Gasteiger partial charge on any atom is 0.131 e. The Morgan fingerprint density at radius 2 is 2.21 bits per heavy atom. The number of aromatic nitrogens is 1. The first-order chi connectivity index (χ1) is 6.86. The first-order valence-electron chi connectivity index (χ1n) is 4.91. The van der Waals surface area contributed by atoms with Gasteiger partial charge in [0, 0.05) is 19.7 Å². The van der Waals surface area contributed by atoms with Gasteiger partial charge in [-0.2, -0.15) is 0 Å². The van der Waals surface area contributed by atoms with Crippen LogP contribution in [0, 0.1) is 0 Å². The van der Waals surface area contributed by atoms with E-state index in [4.69, 9.17) is 10.5 Å². The first kappa shape index (κ1) is 9.27. The molecule has 0 radical (unpaired) electrons. The van der Waals surface area contributed by atoms with Crippen molar-refractivity contribution in [1.29, 1.82) is 0 Å². The van der Waals surface area contributed by atoms with Crippen LogP contribution >= 0.6 is 0 Å². The molecular formula is C10H15N3O. The average Bonchev–Trinajstić information content (AvgIpc) is 2.45. The van der Waals surface area contributed by atoms with Crippen LogP contribution in [0.25, 0.3) is 0 Å². The van der Waals surface area contributed by atoms with E-state index in [9.17, 15) is 0 Å². The maximum atomic E-state index is 5.64. The van der Waals surface area contributed by atoms with Gasteiger partial charge in [-0.05, 0) is 18.6 Å². The number of nitrogens with two attached hydrogens (primary N) is 1. The van der Waals surface area contributed by atoms with Crippen molar-refractivity contribution in [3.63, 3.8) is 0 Å². The van der Waals surface area contributed by atoms with E-state index in [1.165, 1.54) is 0 Å². The fraction of sp³-hybridized carbons (Fsp3) is 0.500. The van der Waals surface area contributed by atoms with Crippen LogP contribution in [-0.4, -0.2) is 31.3 Å². The molecular weight excluding hydrogens is 178 g/mol. The van der Waals surface area contributed by atoms with Gasteiger partial charge in [-0.15, -0.1) is 0 Å². The first-order valence-corrected chi connectivity index (χ1v) is 4.91. The van der Waals surface area contributed by atoms with Gasteiger partial charge in [-0.3, -0.25) is 0 Å². The van der Waals surface area contributed by atoms with Crippen LogP contribution in [0.4, 0.5) is 11.6 Å². The Morgan fingerprint density at radius 3 is 3.07 bits per heavy atom. The smallest absolute Gasteiger partial charge is 0.131 e. The van der Waals surface area contributed by atoms with Crippen LogP contribution in [0.5, 0.6) is 0 Å². The third-order valence-electron chi connectivity index (χ3n) is 2.30. The minimum Gasteiger partial charge on any atom is -0.384 e. The summed E-state index contributed by atoms with van der Waals surface area (Å²) in [5, 5.41) is 0. The molecule has 0 aromatic carbocycles. The number of nitrogens with zero attached hydrogens (tertiary/aromatic N) is 2. The standard InChI is InChI=1S/C10H15N3O/c11-9-3-1-4-10(12-9)13-5-2-7-14-8-6-13/h1,3-4H,2,5-8H2,(H2,11,12). The molecule has 1 aromatic rings. The van der Waals surface area contributed by atoms with Gasteiger partial charge in [-0.25, -0.2) is 4.98 Å². The highest BCUT2D eigenvalue weighted by Crippen LogP contribution is 2.13. The van der Waals surface area contributed by atoms with Gasteiger partial charge in [-0.1, -0.05) is 6.07 Å². The lowest BCUT2D eigenvalue weighted by molar-refractivity contribution is 0.152. The number of ether oxygens (including phenoxy) is 1. The van der Waals surface area contributed by atoms with Crippen LogP contribution in [0.3, 0.4) is 0 Å². The molecule has 0 aliphatic carbocycles. The summed E-state index contributed by atoms with van der Waals surface area (Å²) in [5.41, 5.74) is 5.64. The van der Waals surface area contributed by atoms with Gasteiger partial charge in [0.15, 0.2) is 0 Å². The second-order valence-electron chi connectivity index (χ2n) is 3.37. The third kappa shape index (κ3) is 2.14. The molecule has 2 heterocycles. The number of hydrogen-bond acceptors (Lipinski definition) is 4. The quantitative estimate of drug-likeness (QED) is 0.719. The second-order valence-corrected chi connectivity index (χ2v) is 3.37. The van der Waals surface area contributed by atoms with Crippen LogP contribution in [0.1, 0.15) is 6.42 Å². The van der Waals surface area contributed by atoms with Gasteiger partial charge >= 0.3 is 0 Å². The largest absolute Gasteiger partial charge is 0.384 e. The molecule has 0 saturated carbocycles. The Hall–Kier alpha value is -1.29. The van der Waals surface area contributed by atoms with Crippen molar-refractivity contribution in [2.24, 2.45) is 0 Å². The number of rotatable bonds is 1. The zero-order valence-corrected chi connectivity index (χ0v) is 8.15. The maximum absolute atomic E-state index is 5.64. The molecule has 1 aliphatic heterocycles. The van der Waals surface area contributed by atoms with E-state index in [-0.39, 0.29) is 0 Å². The minimum atomic E-state index is 0.577. The van der Waals surface area contributed by atoms with Gasteiger partial charge in [0.2, 0.25) is 0 Å². The van der Waals surface area contributed by atoms with E-state index >= 15 is 0 Å². The Kier molecular flexibility index (Phi) is 2.84. The highest BCUT2D eigenvalue weighted by Gasteiger charge is 2.10. The average molecular weight is 193 g/mol. The summed E-state index contributed by atoms with van der Waals surface area (Å²) in [6, 6.07) is 5.73. The van der Waals surface area contributed by atoms with Crippen LogP contribution < -0.4 is 10.6 Å². The number of hydrogen-bond donors (Lipinski definition) is 1.